The van der Waals surface area contributed by atoms with Crippen molar-refractivity contribution in [2.24, 2.45) is 17.1 Å². The van der Waals surface area contributed by atoms with E-state index in [1.807, 2.05) is 32.6 Å². The molecule has 1 unspecified atom stereocenters. The Hall–Kier alpha value is -3.02. The molecule has 0 spiro atoms. The van der Waals surface area contributed by atoms with Crippen molar-refractivity contribution in [1.82, 2.24) is 15.2 Å². The minimum absolute atomic E-state index is 0.168. The van der Waals surface area contributed by atoms with Gasteiger partial charge in [0.05, 0.1) is 5.41 Å². The Balaban J connectivity index is 2.14. The summed E-state index contributed by atoms with van der Waals surface area (Å²) in [4.78, 5) is 30.4. The molecular weight excluding hydrogens is 424 g/mol. The summed E-state index contributed by atoms with van der Waals surface area (Å²) in [5.41, 5.74) is 14.0. The Morgan fingerprint density at radius 2 is 1.76 bits per heavy atom. The lowest BCUT2D eigenvalue weighted by atomic mass is 9.71. The predicted molar refractivity (Wildman–Crippen MR) is 140 cm³/mol. The molecule has 4 N–H and O–H groups in total. The fourth-order valence-corrected chi connectivity index (χ4v) is 5.42. The van der Waals surface area contributed by atoms with Gasteiger partial charge < -0.3 is 20.9 Å². The number of nitrogens with one attached hydrogen (secondary N) is 2. The molecule has 184 valence electrons. The number of primary amides is 1. The van der Waals surface area contributed by atoms with Crippen LogP contribution in [0.1, 0.15) is 62.6 Å². The normalized spacial score (nSPS) is 15.5. The third-order valence-corrected chi connectivity index (χ3v) is 7.06. The van der Waals surface area contributed by atoms with Gasteiger partial charge in [0.2, 0.25) is 5.91 Å². The first-order valence-electron chi connectivity index (χ1n) is 12.4. The number of amides is 3. The number of fused-ring (bicyclic) bond motifs is 1. The molecule has 3 amide bonds. The van der Waals surface area contributed by atoms with Crippen molar-refractivity contribution < 1.29 is 9.59 Å². The number of urea groups is 1. The van der Waals surface area contributed by atoms with Gasteiger partial charge in [-0.2, -0.15) is 0 Å². The molecule has 1 aliphatic rings. The van der Waals surface area contributed by atoms with Gasteiger partial charge in [0.25, 0.3) is 0 Å². The minimum atomic E-state index is -0.594. The van der Waals surface area contributed by atoms with E-state index in [1.54, 1.807) is 0 Å². The van der Waals surface area contributed by atoms with Crippen LogP contribution < -0.4 is 11.1 Å². The van der Waals surface area contributed by atoms with Crippen molar-refractivity contribution in [2.75, 3.05) is 19.6 Å². The molecule has 0 aliphatic heterocycles. The van der Waals surface area contributed by atoms with Crippen LogP contribution in [0.3, 0.4) is 0 Å². The number of benzene rings is 1. The lowest BCUT2D eigenvalue weighted by Crippen LogP contribution is -2.43. The van der Waals surface area contributed by atoms with Gasteiger partial charge in [0.1, 0.15) is 0 Å². The molecule has 6 nitrogen and oxygen atoms in total. The number of aromatic amines is 1. The number of nitrogens with zero attached hydrogens (tertiary/aromatic N) is 1. The molecule has 0 bridgehead atoms. The second-order valence-electron chi connectivity index (χ2n) is 10.1. The molecule has 3 rings (SSSR count). The zero-order chi connectivity index (χ0) is 25.2. The summed E-state index contributed by atoms with van der Waals surface area (Å²) >= 11 is 0. The van der Waals surface area contributed by atoms with E-state index >= 15 is 0 Å². The van der Waals surface area contributed by atoms with Gasteiger partial charge in [-0.1, -0.05) is 35.8 Å². The molecule has 1 aromatic heterocycles. The Morgan fingerprint density at radius 1 is 1.15 bits per heavy atom. The van der Waals surface area contributed by atoms with E-state index in [2.05, 4.69) is 55.3 Å². The number of H-pyrrole nitrogens is 1. The van der Waals surface area contributed by atoms with Crippen LogP contribution in [0, 0.1) is 25.2 Å². The van der Waals surface area contributed by atoms with Crippen LogP contribution in [0.25, 0.3) is 17.3 Å². The summed E-state index contributed by atoms with van der Waals surface area (Å²) < 4.78 is 0. The number of carbonyl (C=O) groups is 2. The summed E-state index contributed by atoms with van der Waals surface area (Å²) in [6, 6.07) is 6.03. The van der Waals surface area contributed by atoms with Gasteiger partial charge in [0.15, 0.2) is 0 Å². The number of hydrogen-bond donors (Lipinski definition) is 3. The van der Waals surface area contributed by atoms with E-state index in [0.29, 0.717) is 26.1 Å². The number of carbonyl (C=O) groups excluding carboxylic acids is 2. The third kappa shape index (κ3) is 5.06. The molecule has 6 heteroatoms. The molecule has 0 radical (unpaired) electrons. The first-order chi connectivity index (χ1) is 16.0. The number of aryl methyl sites for hydroxylation is 2. The van der Waals surface area contributed by atoms with Crippen molar-refractivity contribution in [2.45, 2.75) is 61.3 Å². The molecule has 1 heterocycles. The summed E-state index contributed by atoms with van der Waals surface area (Å²) in [5, 5.41) is 2.73. The summed E-state index contributed by atoms with van der Waals surface area (Å²) in [6.45, 7) is 16.4. The number of nitrogens with two attached hydrogens (primary N) is 1. The first-order valence-corrected chi connectivity index (χ1v) is 12.4. The second kappa shape index (κ2) is 10.1. The van der Waals surface area contributed by atoms with Crippen LogP contribution in [0.15, 0.2) is 23.8 Å². The highest BCUT2D eigenvalue weighted by molar-refractivity contribution is 5.88. The van der Waals surface area contributed by atoms with E-state index in [9.17, 15) is 9.59 Å². The maximum atomic E-state index is 13.4. The maximum absolute atomic E-state index is 13.4. The molecule has 2 aromatic rings. The molecule has 0 saturated heterocycles. The SMILES string of the molecule is CCN(CC)C(=O)C(C)(C)C1=Cc2c([nH]c(-c3cc(C)cc(C)c3)c2CCNC(N)=O)CC1C. The van der Waals surface area contributed by atoms with Gasteiger partial charge in [-0.3, -0.25) is 4.79 Å². The van der Waals surface area contributed by atoms with Gasteiger partial charge in [-0.25, -0.2) is 4.79 Å². The van der Waals surface area contributed by atoms with E-state index in [1.165, 1.54) is 16.8 Å². The average molecular weight is 465 g/mol. The predicted octanol–water partition coefficient (Wildman–Crippen LogP) is 4.98. The van der Waals surface area contributed by atoms with E-state index in [-0.39, 0.29) is 11.8 Å². The van der Waals surface area contributed by atoms with Crippen LogP contribution >= 0.6 is 0 Å². The van der Waals surface area contributed by atoms with Gasteiger partial charge >= 0.3 is 6.03 Å². The molecule has 1 atom stereocenters. The summed E-state index contributed by atoms with van der Waals surface area (Å²) in [5.74, 6) is 0.408. The van der Waals surface area contributed by atoms with E-state index in [4.69, 9.17) is 5.73 Å². The number of aromatic nitrogens is 1. The Bertz CT molecular complexity index is 1090. The van der Waals surface area contributed by atoms with Crippen LogP contribution in [-0.4, -0.2) is 41.5 Å². The standard InChI is InChI=1S/C28H40N4O2/c1-8-32(9-2)26(33)28(6,7)23-16-22-21(10-11-30-27(29)34)25(31-24(22)15-19(23)5)20-13-17(3)12-18(4)14-20/h12-14,16,19,31H,8-11,15H2,1-7H3,(H3,29,30,34). The third-order valence-electron chi connectivity index (χ3n) is 7.06. The van der Waals surface area contributed by atoms with Crippen LogP contribution in [0.2, 0.25) is 0 Å². The number of rotatable bonds is 8. The van der Waals surface area contributed by atoms with Crippen molar-refractivity contribution in [3.63, 3.8) is 0 Å². The van der Waals surface area contributed by atoms with E-state index in [0.717, 1.165) is 34.4 Å². The van der Waals surface area contributed by atoms with Crippen LogP contribution in [0.5, 0.6) is 0 Å². The van der Waals surface area contributed by atoms with Crippen molar-refractivity contribution >= 4 is 18.0 Å². The molecule has 1 aromatic carbocycles. The second-order valence-corrected chi connectivity index (χ2v) is 10.1. The number of hydrogen-bond acceptors (Lipinski definition) is 2. The van der Waals surface area contributed by atoms with Gasteiger partial charge in [-0.05, 0) is 89.1 Å². The highest BCUT2D eigenvalue weighted by Crippen LogP contribution is 2.43. The minimum Gasteiger partial charge on any atom is -0.358 e. The topological polar surface area (TPSA) is 91.2 Å². The maximum Gasteiger partial charge on any atom is 0.312 e. The Morgan fingerprint density at radius 3 is 2.32 bits per heavy atom. The molecule has 0 saturated carbocycles. The van der Waals surface area contributed by atoms with Crippen molar-refractivity contribution in [3.05, 3.63) is 51.7 Å². The summed E-state index contributed by atoms with van der Waals surface area (Å²) in [7, 11) is 0. The van der Waals surface area contributed by atoms with Crippen LogP contribution in [0.4, 0.5) is 4.79 Å². The van der Waals surface area contributed by atoms with Crippen molar-refractivity contribution in [1.29, 1.82) is 0 Å². The fourth-order valence-electron chi connectivity index (χ4n) is 5.42. The van der Waals surface area contributed by atoms with Crippen molar-refractivity contribution in [3.8, 4) is 11.3 Å². The smallest absolute Gasteiger partial charge is 0.312 e. The zero-order valence-electron chi connectivity index (χ0n) is 21.8. The highest BCUT2D eigenvalue weighted by Gasteiger charge is 2.39. The first kappa shape index (κ1) is 25.6. The molecule has 34 heavy (non-hydrogen) atoms. The average Bonchev–Trinajstić information content (AvgIpc) is 3.10. The molecular formula is C28H40N4O2. The van der Waals surface area contributed by atoms with Gasteiger partial charge in [-0.15, -0.1) is 0 Å². The van der Waals surface area contributed by atoms with Crippen LogP contribution in [-0.2, 0) is 17.6 Å². The summed E-state index contributed by atoms with van der Waals surface area (Å²) in [6.07, 6.45) is 3.73. The van der Waals surface area contributed by atoms with E-state index < -0.39 is 11.4 Å². The Labute approximate surface area is 204 Å². The lowest BCUT2D eigenvalue weighted by Gasteiger charge is -2.37. The quantitative estimate of drug-likeness (QED) is 0.514. The zero-order valence-corrected chi connectivity index (χ0v) is 21.8. The molecule has 1 aliphatic carbocycles. The lowest BCUT2D eigenvalue weighted by molar-refractivity contribution is -0.138. The Kier molecular flexibility index (Phi) is 7.59. The van der Waals surface area contributed by atoms with Gasteiger partial charge in [0, 0.05) is 31.0 Å². The largest absolute Gasteiger partial charge is 0.358 e. The monoisotopic (exact) mass is 464 g/mol. The fraction of sp³-hybridized carbons (Fsp3) is 0.500. The highest BCUT2D eigenvalue weighted by atomic mass is 16.2. The molecule has 0 fully saturated rings.